The van der Waals surface area contributed by atoms with Crippen molar-refractivity contribution in [3.8, 4) is 0 Å². The van der Waals surface area contributed by atoms with Gasteiger partial charge in [-0.05, 0) is 94.0 Å². The molecule has 2 nitrogen and oxygen atoms in total. The molecule has 1 aliphatic rings. The van der Waals surface area contributed by atoms with E-state index in [4.69, 9.17) is 17.3 Å². The van der Waals surface area contributed by atoms with Crippen LogP contribution in [0.4, 0.5) is 0 Å². The topological polar surface area (TPSA) is 38.4 Å². The van der Waals surface area contributed by atoms with Gasteiger partial charge in [-0.2, -0.15) is 0 Å². The number of rotatable bonds is 9. The Morgan fingerprint density at radius 2 is 1.94 bits per heavy atom. The van der Waals surface area contributed by atoms with E-state index in [-0.39, 0.29) is 5.41 Å². The van der Waals surface area contributed by atoms with Gasteiger partial charge in [0, 0.05) is 16.1 Å². The molecule has 1 atom stereocenters. The lowest BCUT2D eigenvalue weighted by atomic mass is 9.74. The number of unbranched alkanes of at least 4 members (excludes halogenated alkanes) is 1. The smallest absolute Gasteiger partial charge is 0.0960 e. The van der Waals surface area contributed by atoms with Crippen molar-refractivity contribution < 1.29 is 0 Å². The second-order valence-electron chi connectivity index (χ2n) is 9.65. The molecule has 0 bridgehead atoms. The molecule has 1 unspecified atom stereocenters. The molecule has 1 aliphatic carbocycles. The number of benzene rings is 1. The van der Waals surface area contributed by atoms with Crippen LogP contribution in [-0.2, 0) is 11.8 Å². The standard InChI is InChI=1S/C28H41ClN2/c1-8-9-10-26-20(3)17-25(18-27(26)29)28(6,7)24-15-13-23(14-16-24)12-11-19(2)21(4)31-22(5)30/h13,15-18,23H,8-12,14H2,1-7H3,(H2,30,31)/b21-19+. The Balaban J connectivity index is 2.09. The summed E-state index contributed by atoms with van der Waals surface area (Å²) in [6.07, 6.45) is 13.9. The lowest BCUT2D eigenvalue weighted by molar-refractivity contribution is 0.565. The molecule has 170 valence electrons. The average molecular weight is 441 g/mol. The highest BCUT2D eigenvalue weighted by atomic mass is 35.5. The molecular weight excluding hydrogens is 400 g/mol. The highest BCUT2D eigenvalue weighted by Crippen LogP contribution is 2.38. The third kappa shape index (κ3) is 6.84. The number of aryl methyl sites for hydroxylation is 1. The Morgan fingerprint density at radius 3 is 2.48 bits per heavy atom. The maximum absolute atomic E-state index is 6.71. The van der Waals surface area contributed by atoms with E-state index < -0.39 is 0 Å². The Hall–Kier alpha value is -1.80. The minimum atomic E-state index is -0.0566. The zero-order valence-corrected chi connectivity index (χ0v) is 21.4. The van der Waals surface area contributed by atoms with Crippen LogP contribution in [0.5, 0.6) is 0 Å². The van der Waals surface area contributed by atoms with Crippen LogP contribution in [0.25, 0.3) is 0 Å². The zero-order valence-electron chi connectivity index (χ0n) is 20.6. The molecule has 0 spiro atoms. The molecule has 3 heteroatoms. The Kier molecular flexibility index (Phi) is 9.18. The van der Waals surface area contributed by atoms with Crippen LogP contribution in [0.1, 0.15) is 90.3 Å². The Morgan fingerprint density at radius 1 is 1.23 bits per heavy atom. The van der Waals surface area contributed by atoms with Gasteiger partial charge in [-0.25, -0.2) is 4.99 Å². The van der Waals surface area contributed by atoms with Crippen LogP contribution < -0.4 is 5.73 Å². The summed E-state index contributed by atoms with van der Waals surface area (Å²) < 4.78 is 0. The van der Waals surface area contributed by atoms with Crippen molar-refractivity contribution in [3.63, 3.8) is 0 Å². The summed E-state index contributed by atoms with van der Waals surface area (Å²) in [7, 11) is 0. The summed E-state index contributed by atoms with van der Waals surface area (Å²) in [5.41, 5.74) is 13.3. The molecule has 0 heterocycles. The molecule has 31 heavy (non-hydrogen) atoms. The minimum absolute atomic E-state index is 0.0566. The molecule has 2 N–H and O–H groups in total. The van der Waals surface area contributed by atoms with Crippen LogP contribution in [0.15, 0.2) is 52.2 Å². The number of nitrogens with two attached hydrogens (primary N) is 1. The van der Waals surface area contributed by atoms with Gasteiger partial charge in [-0.15, -0.1) is 0 Å². The van der Waals surface area contributed by atoms with Gasteiger partial charge in [0.15, 0.2) is 0 Å². The van der Waals surface area contributed by atoms with Crippen molar-refractivity contribution in [2.45, 2.75) is 92.4 Å². The maximum atomic E-state index is 6.71. The Bertz CT molecular complexity index is 873. The van der Waals surface area contributed by atoms with Crippen molar-refractivity contribution in [3.05, 3.63) is 68.9 Å². The molecule has 1 aromatic carbocycles. The van der Waals surface area contributed by atoms with Crippen LogP contribution >= 0.6 is 11.6 Å². The van der Waals surface area contributed by atoms with E-state index in [2.05, 4.69) is 70.0 Å². The molecular formula is C28H41ClN2. The minimum Gasteiger partial charge on any atom is -0.387 e. The molecule has 0 aromatic heterocycles. The van der Waals surface area contributed by atoms with Crippen molar-refractivity contribution in [1.29, 1.82) is 0 Å². The Labute approximate surface area is 195 Å². The second-order valence-corrected chi connectivity index (χ2v) is 10.1. The average Bonchev–Trinajstić information content (AvgIpc) is 2.71. The molecule has 0 saturated carbocycles. The van der Waals surface area contributed by atoms with Crippen molar-refractivity contribution in [1.82, 2.24) is 0 Å². The number of halogens is 1. The molecule has 0 amide bonds. The summed E-state index contributed by atoms with van der Waals surface area (Å²) in [5, 5.41) is 0.919. The number of hydrogen-bond donors (Lipinski definition) is 1. The van der Waals surface area contributed by atoms with Crippen LogP contribution in [-0.4, -0.2) is 5.84 Å². The fraction of sp³-hybridized carbons (Fsp3) is 0.536. The summed E-state index contributed by atoms with van der Waals surface area (Å²) in [5.74, 6) is 1.20. The van der Waals surface area contributed by atoms with Crippen LogP contribution in [0.2, 0.25) is 5.02 Å². The van der Waals surface area contributed by atoms with E-state index in [1.807, 2.05) is 13.8 Å². The van der Waals surface area contributed by atoms with E-state index in [1.54, 1.807) is 0 Å². The van der Waals surface area contributed by atoms with Gasteiger partial charge < -0.3 is 5.73 Å². The number of nitrogens with zero attached hydrogens (tertiary/aromatic N) is 1. The lowest BCUT2D eigenvalue weighted by Gasteiger charge is -2.31. The van der Waals surface area contributed by atoms with E-state index >= 15 is 0 Å². The monoisotopic (exact) mass is 440 g/mol. The molecule has 1 aromatic rings. The first-order valence-corrected chi connectivity index (χ1v) is 12.1. The molecule has 2 rings (SSSR count). The maximum Gasteiger partial charge on any atom is 0.0960 e. The number of allylic oxidation sites excluding steroid dienone is 6. The van der Waals surface area contributed by atoms with Gasteiger partial charge in [-0.1, -0.05) is 68.7 Å². The van der Waals surface area contributed by atoms with Gasteiger partial charge in [0.1, 0.15) is 0 Å². The third-order valence-corrected chi connectivity index (χ3v) is 7.02. The van der Waals surface area contributed by atoms with E-state index in [9.17, 15) is 0 Å². The zero-order chi connectivity index (χ0) is 23.2. The van der Waals surface area contributed by atoms with Gasteiger partial charge in [0.2, 0.25) is 0 Å². The first-order chi connectivity index (χ1) is 14.6. The van der Waals surface area contributed by atoms with E-state index in [1.165, 1.54) is 40.7 Å². The number of amidine groups is 1. The van der Waals surface area contributed by atoms with Crippen molar-refractivity contribution in [2.75, 3.05) is 0 Å². The van der Waals surface area contributed by atoms with Crippen LogP contribution in [0.3, 0.4) is 0 Å². The summed E-state index contributed by atoms with van der Waals surface area (Å²) >= 11 is 6.71. The fourth-order valence-electron chi connectivity index (χ4n) is 4.26. The first kappa shape index (κ1) is 25.5. The number of hydrogen-bond acceptors (Lipinski definition) is 1. The predicted octanol–water partition coefficient (Wildman–Crippen LogP) is 8.22. The third-order valence-electron chi connectivity index (χ3n) is 6.68. The largest absolute Gasteiger partial charge is 0.387 e. The van der Waals surface area contributed by atoms with Gasteiger partial charge >= 0.3 is 0 Å². The number of aliphatic imine (C=N–C) groups is 1. The molecule has 0 fully saturated rings. The predicted molar refractivity (Wildman–Crippen MR) is 138 cm³/mol. The quantitative estimate of drug-likeness (QED) is 0.304. The van der Waals surface area contributed by atoms with E-state index in [0.717, 1.165) is 36.4 Å². The highest BCUT2D eigenvalue weighted by molar-refractivity contribution is 6.31. The van der Waals surface area contributed by atoms with Crippen molar-refractivity contribution >= 4 is 17.4 Å². The summed E-state index contributed by atoms with van der Waals surface area (Å²) in [6.45, 7) is 15.1. The summed E-state index contributed by atoms with van der Waals surface area (Å²) in [4.78, 5) is 4.39. The van der Waals surface area contributed by atoms with Gasteiger partial charge in [-0.3, -0.25) is 0 Å². The second kappa shape index (κ2) is 11.2. The normalized spacial score (nSPS) is 18.1. The summed E-state index contributed by atoms with van der Waals surface area (Å²) in [6, 6.07) is 4.53. The highest BCUT2D eigenvalue weighted by Gasteiger charge is 2.27. The van der Waals surface area contributed by atoms with Gasteiger partial charge in [0.25, 0.3) is 0 Å². The molecule has 0 saturated heterocycles. The fourth-order valence-corrected chi connectivity index (χ4v) is 4.62. The lowest BCUT2D eigenvalue weighted by Crippen LogP contribution is -2.21. The SMILES string of the molecule is CCCCc1c(C)cc(C(C)(C)C2=CCC(CC/C(C)=C(\C)N=C(C)N)C=C2)cc1Cl. The van der Waals surface area contributed by atoms with Crippen LogP contribution in [0, 0.1) is 12.8 Å². The van der Waals surface area contributed by atoms with Crippen molar-refractivity contribution in [2.24, 2.45) is 16.6 Å². The molecule has 0 radical (unpaired) electrons. The molecule has 0 aliphatic heterocycles. The van der Waals surface area contributed by atoms with Gasteiger partial charge in [0.05, 0.1) is 5.84 Å². The first-order valence-electron chi connectivity index (χ1n) is 11.7. The van der Waals surface area contributed by atoms with E-state index in [0.29, 0.717) is 11.8 Å².